The van der Waals surface area contributed by atoms with Gasteiger partial charge in [-0.1, -0.05) is 36.5 Å². The molecule has 1 aromatic heterocycles. The van der Waals surface area contributed by atoms with E-state index < -0.39 is 0 Å². The monoisotopic (exact) mass is 304 g/mol. The number of nitrogens with one attached hydrogen (secondary N) is 1. The summed E-state index contributed by atoms with van der Waals surface area (Å²) >= 11 is 11.6. The lowest BCUT2D eigenvalue weighted by Gasteiger charge is -2.16. The molecule has 0 aliphatic heterocycles. The van der Waals surface area contributed by atoms with Crippen LogP contribution in [0.2, 0.25) is 10.2 Å². The molecule has 1 amide bonds. The summed E-state index contributed by atoms with van der Waals surface area (Å²) < 4.78 is 0. The minimum absolute atomic E-state index is 0.127. The number of halogens is 2. The number of aliphatic hydroxyl groups excluding tert-OH is 1. The van der Waals surface area contributed by atoms with Gasteiger partial charge in [0.2, 0.25) is 0 Å². The van der Waals surface area contributed by atoms with Gasteiger partial charge in [-0.15, -0.1) is 0 Å². The zero-order chi connectivity index (χ0) is 14.3. The van der Waals surface area contributed by atoms with E-state index in [0.29, 0.717) is 18.5 Å². The van der Waals surface area contributed by atoms with Gasteiger partial charge in [0.25, 0.3) is 5.91 Å². The van der Waals surface area contributed by atoms with Gasteiger partial charge in [-0.3, -0.25) is 4.79 Å². The van der Waals surface area contributed by atoms with E-state index in [-0.39, 0.29) is 28.6 Å². The Balaban J connectivity index is 2.61. The molecule has 2 N–H and O–H groups in total. The smallest absolute Gasteiger partial charge is 0.252 e. The van der Waals surface area contributed by atoms with Crippen LogP contribution in [0.15, 0.2) is 12.3 Å². The Labute approximate surface area is 123 Å². The van der Waals surface area contributed by atoms with E-state index in [1.165, 1.54) is 12.3 Å². The van der Waals surface area contributed by atoms with Crippen LogP contribution in [0, 0.1) is 5.92 Å². The second-order valence-corrected chi connectivity index (χ2v) is 5.16. The number of nitrogens with zero attached hydrogens (tertiary/aromatic N) is 1. The van der Waals surface area contributed by atoms with Gasteiger partial charge in [-0.05, 0) is 24.8 Å². The van der Waals surface area contributed by atoms with Crippen LogP contribution in [-0.4, -0.2) is 29.1 Å². The van der Waals surface area contributed by atoms with E-state index in [2.05, 4.69) is 17.2 Å². The molecule has 1 atom stereocenters. The highest BCUT2D eigenvalue weighted by Crippen LogP contribution is 2.18. The number of carbonyl (C=O) groups excluding carboxylic acids is 1. The second-order valence-electron chi connectivity index (χ2n) is 4.36. The van der Waals surface area contributed by atoms with Crippen LogP contribution in [0.4, 0.5) is 0 Å². The summed E-state index contributed by atoms with van der Waals surface area (Å²) in [5.41, 5.74) is 0.320. The molecule has 0 saturated heterocycles. The normalized spacial score (nSPS) is 12.2. The fraction of sp³-hybridized carbons (Fsp3) is 0.538. The van der Waals surface area contributed by atoms with Crippen LogP contribution in [0.5, 0.6) is 0 Å². The highest BCUT2D eigenvalue weighted by Gasteiger charge is 2.14. The lowest BCUT2D eigenvalue weighted by atomic mass is 10.00. The van der Waals surface area contributed by atoms with Gasteiger partial charge in [0.15, 0.2) is 0 Å². The lowest BCUT2D eigenvalue weighted by molar-refractivity contribution is 0.0943. The predicted octanol–water partition coefficient (Wildman–Crippen LogP) is 2.92. The molecule has 1 heterocycles. The van der Waals surface area contributed by atoms with E-state index in [1.807, 2.05) is 0 Å². The lowest BCUT2D eigenvalue weighted by Crippen LogP contribution is -2.30. The SMILES string of the molecule is CCCC(CCO)CNC(=O)c1cc(Cl)ncc1Cl. The van der Waals surface area contributed by atoms with Crippen molar-refractivity contribution >= 4 is 29.1 Å². The summed E-state index contributed by atoms with van der Waals surface area (Å²) in [6, 6.07) is 1.44. The third-order valence-electron chi connectivity index (χ3n) is 2.85. The second kappa shape index (κ2) is 8.35. The molecule has 4 nitrogen and oxygen atoms in total. The largest absolute Gasteiger partial charge is 0.396 e. The Bertz CT molecular complexity index is 421. The molecule has 0 spiro atoms. The highest BCUT2D eigenvalue weighted by molar-refractivity contribution is 6.35. The van der Waals surface area contributed by atoms with E-state index in [4.69, 9.17) is 28.3 Å². The van der Waals surface area contributed by atoms with Crippen LogP contribution in [0.25, 0.3) is 0 Å². The Morgan fingerprint density at radius 1 is 1.47 bits per heavy atom. The van der Waals surface area contributed by atoms with E-state index in [9.17, 15) is 4.79 Å². The van der Waals surface area contributed by atoms with Crippen molar-refractivity contribution < 1.29 is 9.90 Å². The first kappa shape index (κ1) is 16.2. The van der Waals surface area contributed by atoms with Gasteiger partial charge >= 0.3 is 0 Å². The van der Waals surface area contributed by atoms with E-state index in [0.717, 1.165) is 12.8 Å². The van der Waals surface area contributed by atoms with Crippen LogP contribution in [-0.2, 0) is 0 Å². The van der Waals surface area contributed by atoms with Crippen molar-refractivity contribution in [1.29, 1.82) is 0 Å². The fourth-order valence-corrected chi connectivity index (χ4v) is 2.21. The standard InChI is InChI=1S/C13H18Cl2N2O2/c1-2-3-9(4-5-18)7-17-13(19)10-6-12(15)16-8-11(10)14/h6,8-9,18H,2-5,7H2,1H3,(H,17,19). The van der Waals surface area contributed by atoms with Crippen molar-refractivity contribution in [3.8, 4) is 0 Å². The molecule has 0 radical (unpaired) electrons. The van der Waals surface area contributed by atoms with Crippen LogP contribution < -0.4 is 5.32 Å². The summed E-state index contributed by atoms with van der Waals surface area (Å²) in [6.45, 7) is 2.72. The van der Waals surface area contributed by atoms with Crippen molar-refractivity contribution in [3.05, 3.63) is 28.0 Å². The third-order valence-corrected chi connectivity index (χ3v) is 3.36. The van der Waals surface area contributed by atoms with Gasteiger partial charge in [0, 0.05) is 19.3 Å². The van der Waals surface area contributed by atoms with Crippen molar-refractivity contribution in [3.63, 3.8) is 0 Å². The maximum absolute atomic E-state index is 12.0. The predicted molar refractivity (Wildman–Crippen MR) is 76.7 cm³/mol. The number of rotatable bonds is 7. The maximum atomic E-state index is 12.0. The van der Waals surface area contributed by atoms with E-state index >= 15 is 0 Å². The number of pyridine rings is 1. The van der Waals surface area contributed by atoms with Gasteiger partial charge in [-0.2, -0.15) is 0 Å². The zero-order valence-electron chi connectivity index (χ0n) is 10.8. The molecule has 1 aromatic rings. The van der Waals surface area contributed by atoms with Gasteiger partial charge < -0.3 is 10.4 Å². The van der Waals surface area contributed by atoms with Gasteiger partial charge in [0.05, 0.1) is 10.6 Å². The number of aliphatic hydroxyl groups is 1. The summed E-state index contributed by atoms with van der Waals surface area (Å²) in [7, 11) is 0. The molecule has 1 rings (SSSR count). The molecule has 106 valence electrons. The zero-order valence-corrected chi connectivity index (χ0v) is 12.3. The molecular weight excluding hydrogens is 287 g/mol. The minimum Gasteiger partial charge on any atom is -0.396 e. The quantitative estimate of drug-likeness (QED) is 0.761. The first-order chi connectivity index (χ1) is 9.08. The molecule has 0 aliphatic carbocycles. The summed E-state index contributed by atoms with van der Waals surface area (Å²) in [4.78, 5) is 15.8. The first-order valence-electron chi connectivity index (χ1n) is 6.28. The summed E-state index contributed by atoms with van der Waals surface area (Å²) in [6.07, 6.45) is 4.02. The molecular formula is C13H18Cl2N2O2. The average Bonchev–Trinajstić information content (AvgIpc) is 2.39. The minimum atomic E-state index is -0.270. The van der Waals surface area contributed by atoms with Gasteiger partial charge in [-0.25, -0.2) is 4.98 Å². The number of hydrogen-bond donors (Lipinski definition) is 2. The van der Waals surface area contributed by atoms with Crippen molar-refractivity contribution in [2.75, 3.05) is 13.2 Å². The third kappa shape index (κ3) is 5.35. The van der Waals surface area contributed by atoms with Crippen LogP contribution in [0.3, 0.4) is 0 Å². The topological polar surface area (TPSA) is 62.2 Å². The Morgan fingerprint density at radius 3 is 2.84 bits per heavy atom. The van der Waals surface area contributed by atoms with Crippen molar-refractivity contribution in [2.24, 2.45) is 5.92 Å². The van der Waals surface area contributed by atoms with Crippen LogP contribution >= 0.6 is 23.2 Å². The van der Waals surface area contributed by atoms with Crippen LogP contribution in [0.1, 0.15) is 36.5 Å². The molecule has 0 saturated carbocycles. The number of aromatic nitrogens is 1. The average molecular weight is 305 g/mol. The molecule has 0 aromatic carbocycles. The van der Waals surface area contributed by atoms with Crippen molar-refractivity contribution in [1.82, 2.24) is 10.3 Å². The Morgan fingerprint density at radius 2 is 2.21 bits per heavy atom. The summed E-state index contributed by atoms with van der Waals surface area (Å²) in [5, 5.41) is 12.3. The highest BCUT2D eigenvalue weighted by atomic mass is 35.5. The van der Waals surface area contributed by atoms with Crippen molar-refractivity contribution in [2.45, 2.75) is 26.2 Å². The molecule has 6 heteroatoms. The molecule has 0 fully saturated rings. The molecule has 0 aliphatic rings. The molecule has 1 unspecified atom stereocenters. The summed E-state index contributed by atoms with van der Waals surface area (Å²) in [5.74, 6) is 0.00313. The van der Waals surface area contributed by atoms with Gasteiger partial charge in [0.1, 0.15) is 5.15 Å². The van der Waals surface area contributed by atoms with E-state index in [1.54, 1.807) is 0 Å². The number of carbonyl (C=O) groups is 1. The number of amides is 1. The number of hydrogen-bond acceptors (Lipinski definition) is 3. The Kier molecular flexibility index (Phi) is 7.13. The maximum Gasteiger partial charge on any atom is 0.252 e. The molecule has 19 heavy (non-hydrogen) atoms. The first-order valence-corrected chi connectivity index (χ1v) is 7.04. The molecule has 0 bridgehead atoms. The Hall–Kier alpha value is -0.840. The fourth-order valence-electron chi connectivity index (χ4n) is 1.86.